The molecule has 0 radical (unpaired) electrons. The van der Waals surface area contributed by atoms with E-state index in [4.69, 9.17) is 14.2 Å². The third kappa shape index (κ3) is 5.37. The molecule has 1 saturated heterocycles. The normalized spacial score (nSPS) is 14.5. The van der Waals surface area contributed by atoms with E-state index in [1.807, 2.05) is 0 Å². The van der Waals surface area contributed by atoms with Crippen molar-refractivity contribution in [2.24, 2.45) is 0 Å². The van der Waals surface area contributed by atoms with Gasteiger partial charge in [-0.05, 0) is 31.0 Å². The van der Waals surface area contributed by atoms with Gasteiger partial charge in [-0.1, -0.05) is 0 Å². The maximum Gasteiger partial charge on any atom is 0.308 e. The number of anilines is 2. The molecule has 14 heteroatoms. The minimum atomic E-state index is -3.93. The predicted octanol–water partition coefficient (Wildman–Crippen LogP) is 3.09. The van der Waals surface area contributed by atoms with Crippen molar-refractivity contribution in [3.63, 3.8) is 0 Å². The molecular formula is C27H31FN6O6S. The summed E-state index contributed by atoms with van der Waals surface area (Å²) in [5.41, 5.74) is 0.685. The molecule has 0 aliphatic carbocycles. The fourth-order valence-electron chi connectivity index (χ4n) is 4.81. The number of nitrogens with zero attached hydrogens (tertiary/aromatic N) is 6. The SMILES string of the molecule is COc1cc(OC)c(F)c(N(Cc2nccn2S(=O)(=O)N(C)C)c2ccc3ncn(C4CCOCC4)c(=O)c3c2)c1. The molecule has 0 bridgehead atoms. The summed E-state index contributed by atoms with van der Waals surface area (Å²) in [6.45, 7) is 0.943. The summed E-state index contributed by atoms with van der Waals surface area (Å²) in [5, 5.41) is 0.334. The first-order valence-corrected chi connectivity index (χ1v) is 14.3. The molecule has 0 unspecified atom stereocenters. The first-order chi connectivity index (χ1) is 19.6. The Morgan fingerprint density at radius 1 is 1.10 bits per heavy atom. The molecule has 1 aliphatic rings. The van der Waals surface area contributed by atoms with Crippen LogP contribution in [0.25, 0.3) is 10.9 Å². The zero-order valence-electron chi connectivity index (χ0n) is 23.2. The maximum atomic E-state index is 15.9. The second kappa shape index (κ2) is 11.5. The van der Waals surface area contributed by atoms with Gasteiger partial charge in [0.2, 0.25) is 0 Å². The van der Waals surface area contributed by atoms with Gasteiger partial charge in [0.15, 0.2) is 11.6 Å². The van der Waals surface area contributed by atoms with Crippen LogP contribution in [0.3, 0.4) is 0 Å². The highest BCUT2D eigenvalue weighted by Gasteiger charge is 2.26. The molecule has 2 aromatic heterocycles. The van der Waals surface area contributed by atoms with Crippen molar-refractivity contribution in [1.82, 2.24) is 22.8 Å². The number of benzene rings is 2. The number of rotatable bonds is 9. The Labute approximate surface area is 236 Å². The van der Waals surface area contributed by atoms with Crippen molar-refractivity contribution >= 4 is 32.5 Å². The summed E-state index contributed by atoms with van der Waals surface area (Å²) >= 11 is 0. The molecule has 3 heterocycles. The van der Waals surface area contributed by atoms with Gasteiger partial charge >= 0.3 is 10.2 Å². The highest BCUT2D eigenvalue weighted by molar-refractivity contribution is 7.87. The number of hydrogen-bond acceptors (Lipinski definition) is 9. The third-order valence-electron chi connectivity index (χ3n) is 7.09. The monoisotopic (exact) mass is 586 g/mol. The van der Waals surface area contributed by atoms with Crippen LogP contribution >= 0.6 is 0 Å². The molecule has 0 saturated carbocycles. The van der Waals surface area contributed by atoms with Crippen LogP contribution in [0.15, 0.2) is 53.8 Å². The first-order valence-electron chi connectivity index (χ1n) is 12.9. The summed E-state index contributed by atoms with van der Waals surface area (Å²) in [7, 11) is 1.66. The van der Waals surface area contributed by atoms with Crippen LogP contribution in [0.4, 0.5) is 15.8 Å². The average Bonchev–Trinajstić information content (AvgIpc) is 3.46. The second-order valence-corrected chi connectivity index (χ2v) is 11.7. The topological polar surface area (TPSA) is 121 Å². The molecule has 12 nitrogen and oxygen atoms in total. The minimum absolute atomic E-state index is 0.0333. The van der Waals surface area contributed by atoms with Gasteiger partial charge in [-0.2, -0.15) is 12.7 Å². The summed E-state index contributed by atoms with van der Waals surface area (Å²) in [6.07, 6.45) is 5.61. The van der Waals surface area contributed by atoms with Crippen molar-refractivity contribution in [3.05, 3.63) is 71.0 Å². The predicted molar refractivity (Wildman–Crippen MR) is 151 cm³/mol. The molecule has 5 rings (SSSR count). The van der Waals surface area contributed by atoms with Crippen LogP contribution in [-0.2, 0) is 21.5 Å². The average molecular weight is 587 g/mol. The van der Waals surface area contributed by atoms with Crippen LogP contribution < -0.4 is 19.9 Å². The highest BCUT2D eigenvalue weighted by atomic mass is 32.2. The van der Waals surface area contributed by atoms with Gasteiger partial charge in [0.1, 0.15) is 11.6 Å². The van der Waals surface area contributed by atoms with Gasteiger partial charge in [0, 0.05) is 63.6 Å². The second-order valence-electron chi connectivity index (χ2n) is 9.68. The van der Waals surface area contributed by atoms with Gasteiger partial charge in [-0.15, -0.1) is 0 Å². The Balaban J connectivity index is 1.69. The van der Waals surface area contributed by atoms with Crippen molar-refractivity contribution < 1.29 is 27.0 Å². The molecule has 218 valence electrons. The van der Waals surface area contributed by atoms with Crippen LogP contribution in [0.1, 0.15) is 24.7 Å². The standard InChI is InChI=1S/C27H31FN6O6S/c1-31(2)41(36,37)34-10-9-29-25(34)16-32(23-14-20(38-3)15-24(39-4)26(23)28)19-5-6-22-21(13-19)27(35)33(17-30-22)18-7-11-40-12-8-18/h5-6,9-10,13-15,17-18H,7-8,11-12,16H2,1-4H3. The van der Waals surface area contributed by atoms with Gasteiger partial charge < -0.3 is 19.1 Å². The highest BCUT2D eigenvalue weighted by Crippen LogP contribution is 2.38. The molecule has 2 aromatic carbocycles. The lowest BCUT2D eigenvalue weighted by atomic mass is 10.1. The molecule has 0 amide bonds. The van der Waals surface area contributed by atoms with E-state index in [0.717, 1.165) is 8.28 Å². The van der Waals surface area contributed by atoms with Crippen LogP contribution in [0.5, 0.6) is 11.5 Å². The van der Waals surface area contributed by atoms with E-state index in [1.54, 1.807) is 29.1 Å². The lowest BCUT2D eigenvalue weighted by Gasteiger charge is -2.27. The molecule has 0 spiro atoms. The summed E-state index contributed by atoms with van der Waals surface area (Å²) in [5.74, 6) is -0.340. The van der Waals surface area contributed by atoms with Gasteiger partial charge in [0.25, 0.3) is 5.56 Å². The number of imidazole rings is 1. The number of fused-ring (bicyclic) bond motifs is 1. The molecular weight excluding hydrogens is 555 g/mol. The van der Waals surface area contributed by atoms with Gasteiger partial charge in [0.05, 0.1) is 43.7 Å². The summed E-state index contributed by atoms with van der Waals surface area (Å²) in [6, 6.07) is 7.82. The molecule has 41 heavy (non-hydrogen) atoms. The van der Waals surface area contributed by atoms with Crippen LogP contribution in [0.2, 0.25) is 0 Å². The largest absolute Gasteiger partial charge is 0.497 e. The fourth-order valence-corrected chi connectivity index (χ4v) is 5.74. The van der Waals surface area contributed by atoms with Crippen molar-refractivity contribution in [1.29, 1.82) is 0 Å². The smallest absolute Gasteiger partial charge is 0.308 e. The number of aromatic nitrogens is 4. The lowest BCUT2D eigenvalue weighted by molar-refractivity contribution is 0.0685. The summed E-state index contributed by atoms with van der Waals surface area (Å²) < 4.78 is 61.6. The van der Waals surface area contributed by atoms with Crippen LogP contribution in [0, 0.1) is 5.82 Å². The zero-order valence-corrected chi connectivity index (χ0v) is 24.0. The van der Waals surface area contributed by atoms with Gasteiger partial charge in [-0.3, -0.25) is 9.36 Å². The lowest BCUT2D eigenvalue weighted by Crippen LogP contribution is -2.31. The molecule has 1 aliphatic heterocycles. The Kier molecular flexibility index (Phi) is 7.98. The van der Waals surface area contributed by atoms with Crippen molar-refractivity contribution in [2.75, 3.05) is 46.4 Å². The molecule has 4 aromatic rings. The third-order valence-corrected chi connectivity index (χ3v) is 8.84. The van der Waals surface area contributed by atoms with Gasteiger partial charge in [-0.25, -0.2) is 18.3 Å². The molecule has 0 atom stereocenters. The Hall–Kier alpha value is -4.01. The van der Waals surface area contributed by atoms with E-state index in [0.29, 0.717) is 48.4 Å². The number of hydrogen-bond donors (Lipinski definition) is 0. The van der Waals surface area contributed by atoms with Crippen molar-refractivity contribution in [2.45, 2.75) is 25.4 Å². The molecule has 0 N–H and O–H groups in total. The Bertz CT molecular complexity index is 1730. The number of ether oxygens (including phenoxy) is 3. The van der Waals surface area contributed by atoms with E-state index in [9.17, 15) is 13.2 Å². The number of methoxy groups -OCH3 is 2. The van der Waals surface area contributed by atoms with Crippen LogP contribution in [-0.4, -0.2) is 72.8 Å². The maximum absolute atomic E-state index is 15.9. The first kappa shape index (κ1) is 28.5. The minimum Gasteiger partial charge on any atom is -0.497 e. The Morgan fingerprint density at radius 3 is 2.54 bits per heavy atom. The molecule has 1 fully saturated rings. The van der Waals surface area contributed by atoms with E-state index < -0.39 is 16.0 Å². The van der Waals surface area contributed by atoms with E-state index in [-0.39, 0.29) is 35.4 Å². The van der Waals surface area contributed by atoms with E-state index >= 15 is 4.39 Å². The van der Waals surface area contributed by atoms with E-state index in [2.05, 4.69) is 9.97 Å². The Morgan fingerprint density at radius 2 is 1.85 bits per heavy atom. The summed E-state index contributed by atoms with van der Waals surface area (Å²) in [4.78, 5) is 23.9. The van der Waals surface area contributed by atoms with Crippen molar-refractivity contribution in [3.8, 4) is 11.5 Å². The van der Waals surface area contributed by atoms with E-state index in [1.165, 1.54) is 57.7 Å². The number of halogens is 1. The zero-order chi connectivity index (χ0) is 29.3. The quantitative estimate of drug-likeness (QED) is 0.291. The fraction of sp³-hybridized carbons (Fsp3) is 0.370.